The minimum Gasteiger partial charge on any atom is -0.494 e. The Kier molecular flexibility index (Phi) is 13.6. The summed E-state index contributed by atoms with van der Waals surface area (Å²) in [5, 5.41) is 18.4. The van der Waals surface area contributed by atoms with Crippen molar-refractivity contribution in [2.24, 2.45) is 0 Å². The van der Waals surface area contributed by atoms with Crippen molar-refractivity contribution < 1.29 is 19.1 Å². The van der Waals surface area contributed by atoms with E-state index in [0.717, 1.165) is 74.9 Å². The van der Waals surface area contributed by atoms with E-state index >= 15 is 0 Å². The molecule has 1 amide bonds. The summed E-state index contributed by atoms with van der Waals surface area (Å²) in [7, 11) is 3.88. The van der Waals surface area contributed by atoms with Gasteiger partial charge < -0.3 is 25.4 Å². The fraction of sp³-hybridized carbons (Fsp3) is 0.697. The summed E-state index contributed by atoms with van der Waals surface area (Å²) in [6.07, 6.45) is 8.47. The summed E-state index contributed by atoms with van der Waals surface area (Å²) < 4.78 is 14.0. The molecule has 0 fully saturated rings. The van der Waals surface area contributed by atoms with Gasteiger partial charge in [-0.2, -0.15) is 0 Å². The molecule has 10 nitrogen and oxygen atoms in total. The zero-order valence-electron chi connectivity index (χ0n) is 27.3. The third kappa shape index (κ3) is 11.7. The first kappa shape index (κ1) is 34.7. The van der Waals surface area contributed by atoms with Crippen molar-refractivity contribution in [3.05, 3.63) is 41.2 Å². The molecule has 0 aliphatic heterocycles. The van der Waals surface area contributed by atoms with Crippen LogP contribution in [0.15, 0.2) is 24.3 Å². The molecule has 43 heavy (non-hydrogen) atoms. The molecule has 240 valence electrons. The Labute approximate surface area is 258 Å². The van der Waals surface area contributed by atoms with Crippen LogP contribution in [0.3, 0.4) is 0 Å². The third-order valence-electron chi connectivity index (χ3n) is 8.57. The molecule has 1 aliphatic rings. The van der Waals surface area contributed by atoms with Gasteiger partial charge in [0.2, 0.25) is 5.91 Å². The number of benzene rings is 1. The predicted octanol–water partition coefficient (Wildman–Crippen LogP) is 4.78. The number of nitrogens with zero attached hydrogens (tertiary/aromatic N) is 3. The van der Waals surface area contributed by atoms with Crippen LogP contribution in [-0.4, -0.2) is 71.6 Å². The fourth-order valence-corrected chi connectivity index (χ4v) is 4.99. The number of ether oxygens (including phenoxy) is 2. The van der Waals surface area contributed by atoms with Crippen LogP contribution in [0.1, 0.15) is 113 Å². The molecule has 0 spiro atoms. The predicted molar refractivity (Wildman–Crippen MR) is 170 cm³/mol. The number of fused-ring (bicyclic) bond motifs is 1. The van der Waals surface area contributed by atoms with Crippen molar-refractivity contribution in [2.45, 2.75) is 116 Å². The molecule has 10 heteroatoms. The minimum atomic E-state index is -0.212. The highest BCUT2D eigenvalue weighted by Crippen LogP contribution is 2.30. The lowest BCUT2D eigenvalue weighted by Gasteiger charge is -2.24. The van der Waals surface area contributed by atoms with E-state index in [0.29, 0.717) is 31.7 Å². The summed E-state index contributed by atoms with van der Waals surface area (Å²) in [5.41, 5.74) is 2.65. The van der Waals surface area contributed by atoms with Crippen LogP contribution in [0.4, 0.5) is 0 Å². The molecule has 1 aliphatic carbocycles. The summed E-state index contributed by atoms with van der Waals surface area (Å²) in [6.45, 7) is 10.4. The second-order valence-electron chi connectivity index (χ2n) is 12.9. The Morgan fingerprint density at radius 2 is 1.70 bits per heavy atom. The number of hydrogen-bond donors (Lipinski definition) is 3. The van der Waals surface area contributed by atoms with Gasteiger partial charge in [0.1, 0.15) is 18.5 Å². The van der Waals surface area contributed by atoms with Gasteiger partial charge in [0.15, 0.2) is 5.78 Å². The Morgan fingerprint density at radius 3 is 2.42 bits per heavy atom. The number of amides is 1. The first-order valence-corrected chi connectivity index (χ1v) is 16.0. The van der Waals surface area contributed by atoms with Crippen LogP contribution in [-0.2, 0) is 22.5 Å². The van der Waals surface area contributed by atoms with Crippen LogP contribution < -0.4 is 20.7 Å². The molecule has 1 aromatic heterocycles. The molecule has 2 aromatic rings. The van der Waals surface area contributed by atoms with E-state index in [1.54, 1.807) is 0 Å². The number of carbonyl (C=O) groups excluding carboxylic acids is 2. The molecule has 0 radical (unpaired) electrons. The summed E-state index contributed by atoms with van der Waals surface area (Å²) in [5.74, 6) is 0.797. The lowest BCUT2D eigenvalue weighted by Crippen LogP contribution is -2.40. The molecule has 0 saturated heterocycles. The van der Waals surface area contributed by atoms with Crippen molar-refractivity contribution in [1.82, 2.24) is 30.9 Å². The van der Waals surface area contributed by atoms with Gasteiger partial charge in [0.05, 0.1) is 18.0 Å². The highest BCUT2D eigenvalue weighted by molar-refractivity contribution is 5.96. The normalized spacial score (nSPS) is 15.8. The van der Waals surface area contributed by atoms with Crippen molar-refractivity contribution in [3.8, 4) is 5.75 Å². The van der Waals surface area contributed by atoms with E-state index in [2.05, 4.69) is 54.0 Å². The molecule has 1 unspecified atom stereocenters. The molecule has 1 atom stereocenters. The monoisotopic (exact) mass is 598 g/mol. The topological polar surface area (TPSA) is 119 Å². The number of ketones is 1. The van der Waals surface area contributed by atoms with E-state index in [-0.39, 0.29) is 35.5 Å². The van der Waals surface area contributed by atoms with Crippen molar-refractivity contribution >= 4 is 11.7 Å². The average molecular weight is 599 g/mol. The Hall–Kier alpha value is -2.82. The molecular weight excluding hydrogens is 544 g/mol. The van der Waals surface area contributed by atoms with E-state index < -0.39 is 0 Å². The van der Waals surface area contributed by atoms with Gasteiger partial charge >= 0.3 is 0 Å². The Balaban J connectivity index is 1.47. The lowest BCUT2D eigenvalue weighted by atomic mass is 9.98. The minimum absolute atomic E-state index is 0.0154. The first-order valence-electron chi connectivity index (χ1n) is 16.0. The van der Waals surface area contributed by atoms with E-state index in [1.807, 2.05) is 43.0 Å². The molecular formula is C33H54N6O4. The quantitative estimate of drug-likeness (QED) is 0.166. The highest BCUT2D eigenvalue weighted by atomic mass is 16.5. The summed E-state index contributed by atoms with van der Waals surface area (Å²) >= 11 is 0. The van der Waals surface area contributed by atoms with Gasteiger partial charge in [-0.05, 0) is 111 Å². The Bertz CT molecular complexity index is 1140. The Morgan fingerprint density at radius 1 is 0.977 bits per heavy atom. The second-order valence-corrected chi connectivity index (χ2v) is 12.9. The largest absolute Gasteiger partial charge is 0.494 e. The van der Waals surface area contributed by atoms with Crippen molar-refractivity contribution in [2.75, 3.05) is 33.9 Å². The van der Waals surface area contributed by atoms with Crippen LogP contribution >= 0.6 is 0 Å². The van der Waals surface area contributed by atoms with Crippen molar-refractivity contribution in [3.63, 3.8) is 0 Å². The fourth-order valence-electron chi connectivity index (χ4n) is 4.99. The van der Waals surface area contributed by atoms with Crippen LogP contribution in [0.2, 0.25) is 0 Å². The van der Waals surface area contributed by atoms with Gasteiger partial charge in [-0.1, -0.05) is 18.1 Å². The smallest absolute Gasteiger partial charge is 0.246 e. The molecule has 1 aromatic carbocycles. The number of hydrogen-bond acceptors (Lipinski definition) is 8. The lowest BCUT2D eigenvalue weighted by molar-refractivity contribution is -0.128. The van der Waals surface area contributed by atoms with E-state index in [1.165, 1.54) is 0 Å². The van der Waals surface area contributed by atoms with Gasteiger partial charge in [-0.15, -0.1) is 5.10 Å². The maximum Gasteiger partial charge on any atom is 0.246 e. The van der Waals surface area contributed by atoms with Gasteiger partial charge in [0.25, 0.3) is 0 Å². The maximum absolute atomic E-state index is 12.8. The number of aryl methyl sites for hydroxylation is 2. The number of Topliss-reactive ketones (excluding diaryl/α,β-unsaturated/α-hetero) is 1. The average Bonchev–Trinajstić information content (AvgIpc) is 3.36. The number of nitrogens with one attached hydrogen (secondary N) is 3. The third-order valence-corrected chi connectivity index (χ3v) is 8.57. The SMILES string of the molecule is CNC(C)(C)CCNC(=O)COC1CCCCCc2nnn(CCCCC(=O)c3ccc(OCCC(C)(C)NC)cc3)c21. The molecule has 3 N–H and O–H groups in total. The standard InChI is InChI=1S/C33H54N6O4/c1-32(2,34-5)19-21-36-30(41)24-43-29-14-9-7-8-12-27-31(29)39(38-37-27)22-11-10-13-28(40)25-15-17-26(18-16-25)42-23-20-33(3,4)35-6/h15-18,29,34-35H,7-14,19-24H2,1-6H3,(H,36,41). The van der Waals surface area contributed by atoms with Crippen LogP contribution in [0.5, 0.6) is 5.75 Å². The molecule has 0 bridgehead atoms. The highest BCUT2D eigenvalue weighted by Gasteiger charge is 2.26. The van der Waals surface area contributed by atoms with E-state index in [9.17, 15) is 9.59 Å². The van der Waals surface area contributed by atoms with Gasteiger partial charge in [-0.25, -0.2) is 4.68 Å². The number of rotatable bonds is 18. The summed E-state index contributed by atoms with van der Waals surface area (Å²) in [6, 6.07) is 7.44. The zero-order chi connectivity index (χ0) is 31.3. The van der Waals surface area contributed by atoms with Gasteiger partial charge in [0, 0.05) is 36.2 Å². The number of aromatic nitrogens is 3. The molecule has 0 saturated carbocycles. The van der Waals surface area contributed by atoms with Crippen LogP contribution in [0.25, 0.3) is 0 Å². The van der Waals surface area contributed by atoms with Crippen molar-refractivity contribution in [1.29, 1.82) is 0 Å². The number of unbranched alkanes of at least 4 members (excludes halogenated alkanes) is 1. The number of carbonyl (C=O) groups is 2. The zero-order valence-corrected chi connectivity index (χ0v) is 27.3. The van der Waals surface area contributed by atoms with Crippen LogP contribution in [0, 0.1) is 0 Å². The maximum atomic E-state index is 12.8. The summed E-state index contributed by atoms with van der Waals surface area (Å²) in [4.78, 5) is 25.3. The molecule has 3 rings (SSSR count). The van der Waals surface area contributed by atoms with E-state index in [4.69, 9.17) is 9.47 Å². The second kappa shape index (κ2) is 16.9. The first-order chi connectivity index (χ1) is 20.5. The molecule has 1 heterocycles. The van der Waals surface area contributed by atoms with Gasteiger partial charge in [-0.3, -0.25) is 9.59 Å².